The molecule has 2 heterocycles. The molecular formula is C14H25N3O4P+. The van der Waals surface area contributed by atoms with Crippen molar-refractivity contribution in [3.05, 3.63) is 12.4 Å². The van der Waals surface area contributed by atoms with Crippen molar-refractivity contribution in [2.45, 2.75) is 31.0 Å². The van der Waals surface area contributed by atoms with Crippen molar-refractivity contribution in [1.82, 2.24) is 10.2 Å². The molecule has 0 bridgehead atoms. The highest BCUT2D eigenvalue weighted by molar-refractivity contribution is 7.72. The molecule has 2 aliphatic rings. The summed E-state index contributed by atoms with van der Waals surface area (Å²) in [5, 5.41) is 23.0. The summed E-state index contributed by atoms with van der Waals surface area (Å²) >= 11 is 0. The van der Waals surface area contributed by atoms with Crippen LogP contribution in [0.4, 0.5) is 4.79 Å². The van der Waals surface area contributed by atoms with Crippen molar-refractivity contribution >= 4 is 25.6 Å². The minimum absolute atomic E-state index is 0.310. The molecule has 7 nitrogen and oxygen atoms in total. The Hall–Kier alpha value is -1.14. The summed E-state index contributed by atoms with van der Waals surface area (Å²) in [7, 11) is 1.58. The van der Waals surface area contributed by atoms with Crippen molar-refractivity contribution < 1.29 is 24.3 Å². The second-order valence-corrected chi connectivity index (χ2v) is 10.8. The lowest BCUT2D eigenvalue weighted by Gasteiger charge is -2.24. The first-order valence-corrected chi connectivity index (χ1v) is 10.2. The van der Waals surface area contributed by atoms with Gasteiger partial charge in [0.2, 0.25) is 12.0 Å². The third kappa shape index (κ3) is 3.60. The Morgan fingerprint density at radius 1 is 1.45 bits per heavy atom. The zero-order valence-electron chi connectivity index (χ0n) is 13.3. The van der Waals surface area contributed by atoms with Gasteiger partial charge in [-0.1, -0.05) is 0 Å². The first-order chi connectivity index (χ1) is 10.1. The molecular weight excluding hydrogens is 305 g/mol. The highest BCUT2D eigenvalue weighted by Crippen LogP contribution is 2.38. The number of nitrogens with zero attached hydrogens (tertiary/aromatic N) is 2. The van der Waals surface area contributed by atoms with E-state index in [1.54, 1.807) is 7.05 Å². The van der Waals surface area contributed by atoms with Gasteiger partial charge in [-0.05, 0) is 32.5 Å². The smallest absolute Gasteiger partial charge is 0.387 e. The summed E-state index contributed by atoms with van der Waals surface area (Å²) < 4.78 is 7.35. The molecule has 2 aliphatic heterocycles. The van der Waals surface area contributed by atoms with E-state index in [0.29, 0.717) is 12.2 Å². The van der Waals surface area contributed by atoms with E-state index >= 15 is 0 Å². The van der Waals surface area contributed by atoms with Crippen LogP contribution in [0.25, 0.3) is 0 Å². The van der Waals surface area contributed by atoms with Crippen LogP contribution in [0.3, 0.4) is 0 Å². The Morgan fingerprint density at radius 3 is 2.68 bits per heavy atom. The van der Waals surface area contributed by atoms with Gasteiger partial charge in [0.15, 0.2) is 6.34 Å². The molecule has 1 saturated heterocycles. The van der Waals surface area contributed by atoms with Gasteiger partial charge in [-0.15, -0.1) is 13.2 Å². The third-order valence-corrected chi connectivity index (χ3v) is 5.28. The molecule has 22 heavy (non-hydrogen) atoms. The number of nitrogens with one attached hydrogen (secondary N) is 1. The SMILES string of the molecule is C=C1NC(=O)N(C)C=[N+]1[C@@H]1O[C@H](CCP(=C)(C)C)[C@@H](O)[C@H]1O. The van der Waals surface area contributed by atoms with E-state index < -0.39 is 31.4 Å². The molecule has 0 aromatic carbocycles. The Kier molecular flexibility index (Phi) is 4.82. The maximum atomic E-state index is 11.5. The quantitative estimate of drug-likeness (QED) is 0.488. The molecule has 0 spiro atoms. The average molecular weight is 330 g/mol. The highest BCUT2D eigenvalue weighted by Gasteiger charge is 2.47. The number of hydrogen-bond donors (Lipinski definition) is 3. The first kappa shape index (κ1) is 17.2. The number of ether oxygens (including phenoxy) is 1. The number of urea groups is 1. The van der Waals surface area contributed by atoms with E-state index in [-0.39, 0.29) is 6.03 Å². The van der Waals surface area contributed by atoms with Crippen LogP contribution in [0, 0.1) is 0 Å². The normalized spacial score (nSPS) is 33.0. The Bertz CT molecular complexity index is 556. The number of aliphatic hydroxyl groups is 2. The molecule has 1 fully saturated rings. The predicted octanol–water partition coefficient (Wildman–Crippen LogP) is -0.301. The molecule has 124 valence electrons. The number of hydrogen-bond acceptors (Lipinski definition) is 4. The third-order valence-electron chi connectivity index (χ3n) is 3.81. The van der Waals surface area contributed by atoms with Crippen LogP contribution in [0.15, 0.2) is 12.4 Å². The fourth-order valence-electron chi connectivity index (χ4n) is 2.48. The minimum Gasteiger partial charge on any atom is -0.387 e. The van der Waals surface area contributed by atoms with Crippen LogP contribution in [0.2, 0.25) is 0 Å². The molecule has 2 amide bonds. The molecule has 3 N–H and O–H groups in total. The van der Waals surface area contributed by atoms with Crippen LogP contribution in [0.1, 0.15) is 6.42 Å². The van der Waals surface area contributed by atoms with Gasteiger partial charge in [0.25, 0.3) is 0 Å². The van der Waals surface area contributed by atoms with E-state index in [0.717, 1.165) is 6.16 Å². The van der Waals surface area contributed by atoms with E-state index in [2.05, 4.69) is 31.5 Å². The van der Waals surface area contributed by atoms with E-state index in [1.807, 2.05) is 0 Å². The summed E-state index contributed by atoms with van der Waals surface area (Å²) in [6, 6.07) is -0.311. The summed E-state index contributed by atoms with van der Waals surface area (Å²) in [4.78, 5) is 12.9. The monoisotopic (exact) mass is 330 g/mol. The molecule has 0 radical (unpaired) electrons. The largest absolute Gasteiger partial charge is 0.442 e. The van der Waals surface area contributed by atoms with Crippen LogP contribution in [0.5, 0.6) is 0 Å². The molecule has 8 heteroatoms. The van der Waals surface area contributed by atoms with Gasteiger partial charge < -0.3 is 14.9 Å². The van der Waals surface area contributed by atoms with Gasteiger partial charge in [0.05, 0.1) is 13.2 Å². The second-order valence-electron chi connectivity index (χ2n) is 6.50. The van der Waals surface area contributed by atoms with Crippen LogP contribution < -0.4 is 5.32 Å². The topological polar surface area (TPSA) is 85.0 Å². The molecule has 4 atom stereocenters. The van der Waals surface area contributed by atoms with Crippen LogP contribution in [-0.4, -0.2) is 89.4 Å². The Morgan fingerprint density at radius 2 is 2.09 bits per heavy atom. The zero-order valence-corrected chi connectivity index (χ0v) is 14.2. The summed E-state index contributed by atoms with van der Waals surface area (Å²) in [6.07, 6.45) is 3.88. The van der Waals surface area contributed by atoms with E-state index in [9.17, 15) is 15.0 Å². The number of carbonyl (C=O) groups excluding carboxylic acids is 1. The molecule has 0 aromatic rings. The zero-order chi connectivity index (χ0) is 16.7. The molecule has 0 unspecified atom stereocenters. The van der Waals surface area contributed by atoms with Crippen molar-refractivity contribution in [1.29, 1.82) is 0 Å². The summed E-state index contributed by atoms with van der Waals surface area (Å²) in [5.74, 6) is 0.310. The van der Waals surface area contributed by atoms with E-state index in [4.69, 9.17) is 4.74 Å². The second kappa shape index (κ2) is 6.16. The number of aliphatic hydroxyl groups excluding tert-OH is 2. The van der Waals surface area contributed by atoms with Gasteiger partial charge in [-0.25, -0.2) is 19.6 Å². The summed E-state index contributed by atoms with van der Waals surface area (Å²) in [5.41, 5.74) is 0. The van der Waals surface area contributed by atoms with Crippen LogP contribution in [-0.2, 0) is 4.74 Å². The standard InChI is InChI=1S/C14H24N3O4P/c1-9-15-14(20)16(2)8-17(9)13-12(19)11(18)10(21-13)6-7-22(3,4)5/h8,10-13,18-19H,1,3,6-7H2,2,4-5H3/p+1/t10-,11-,12-,13-/m1/s1. The minimum atomic E-state index is -1.22. The fourth-order valence-corrected chi connectivity index (χ4v) is 3.43. The average Bonchev–Trinajstić information content (AvgIpc) is 2.68. The summed E-state index contributed by atoms with van der Waals surface area (Å²) in [6.45, 7) is 6.77. The van der Waals surface area contributed by atoms with Gasteiger partial charge >= 0.3 is 6.03 Å². The van der Waals surface area contributed by atoms with Gasteiger partial charge in [0, 0.05) is 0 Å². The Balaban J connectivity index is 2.13. The molecule has 0 aromatic heterocycles. The van der Waals surface area contributed by atoms with Gasteiger partial charge in [0.1, 0.15) is 12.2 Å². The lowest BCUT2D eigenvalue weighted by atomic mass is 10.1. The molecule has 2 rings (SSSR count). The van der Waals surface area contributed by atoms with Gasteiger partial charge in [-0.3, -0.25) is 0 Å². The van der Waals surface area contributed by atoms with Crippen molar-refractivity contribution in [2.75, 3.05) is 26.5 Å². The lowest BCUT2D eigenvalue weighted by Crippen LogP contribution is -2.51. The predicted molar refractivity (Wildman–Crippen MR) is 87.8 cm³/mol. The fraction of sp³-hybridized carbons (Fsp3) is 0.643. The number of amides is 2. The van der Waals surface area contributed by atoms with Crippen molar-refractivity contribution in [3.8, 4) is 0 Å². The maximum Gasteiger partial charge on any atom is 0.442 e. The maximum absolute atomic E-state index is 11.5. The number of rotatable bonds is 4. The van der Waals surface area contributed by atoms with Gasteiger partial charge in [-0.2, -0.15) is 0 Å². The lowest BCUT2D eigenvalue weighted by molar-refractivity contribution is -0.581. The Labute approximate surface area is 130 Å². The number of carbonyl (C=O) groups is 1. The molecule has 0 saturated carbocycles. The van der Waals surface area contributed by atoms with Crippen LogP contribution >= 0.6 is 6.89 Å². The van der Waals surface area contributed by atoms with Crippen molar-refractivity contribution in [2.24, 2.45) is 0 Å². The molecule has 0 aliphatic carbocycles. The van der Waals surface area contributed by atoms with Crippen molar-refractivity contribution in [3.63, 3.8) is 0 Å². The van der Waals surface area contributed by atoms with E-state index in [1.165, 1.54) is 15.8 Å². The highest BCUT2D eigenvalue weighted by atomic mass is 31.2. The first-order valence-electron chi connectivity index (χ1n) is 7.15.